The Morgan fingerprint density at radius 3 is 2.46 bits per heavy atom. The standard InChI is InChI=1S/C18H28N2O3S/c1-24(22,23)20(17-11-6-3-7-12-17)14-8-13-18(21)19-15-16-9-4-2-5-10-16/h3,6-7,11-12,16H,2,4-5,8-10,13-15H2,1H3,(H,19,21). The molecule has 24 heavy (non-hydrogen) atoms. The summed E-state index contributed by atoms with van der Waals surface area (Å²) in [4.78, 5) is 12.0. The molecule has 6 heteroatoms. The summed E-state index contributed by atoms with van der Waals surface area (Å²) < 4.78 is 25.3. The summed E-state index contributed by atoms with van der Waals surface area (Å²) in [5.41, 5.74) is 0.641. The molecular formula is C18H28N2O3S. The lowest BCUT2D eigenvalue weighted by atomic mass is 9.89. The smallest absolute Gasteiger partial charge is 0.232 e. The van der Waals surface area contributed by atoms with Crippen LogP contribution in [0.3, 0.4) is 0 Å². The molecule has 5 nitrogen and oxygen atoms in total. The SMILES string of the molecule is CS(=O)(=O)N(CCCC(=O)NCC1CCCCC1)c1ccccc1. The summed E-state index contributed by atoms with van der Waals surface area (Å²) >= 11 is 0. The van der Waals surface area contributed by atoms with Crippen molar-refractivity contribution in [2.75, 3.05) is 23.7 Å². The molecule has 134 valence electrons. The fourth-order valence-corrected chi connectivity index (χ4v) is 4.17. The first-order chi connectivity index (χ1) is 11.5. The lowest BCUT2D eigenvalue weighted by molar-refractivity contribution is -0.121. The van der Waals surface area contributed by atoms with Gasteiger partial charge in [0.05, 0.1) is 11.9 Å². The number of carbonyl (C=O) groups is 1. The second kappa shape index (κ2) is 9.06. The van der Waals surface area contributed by atoms with Gasteiger partial charge in [-0.25, -0.2) is 8.42 Å². The molecule has 2 rings (SSSR count). The van der Waals surface area contributed by atoms with E-state index in [0.717, 1.165) is 6.54 Å². The minimum absolute atomic E-state index is 0.0158. The summed E-state index contributed by atoms with van der Waals surface area (Å²) in [5.74, 6) is 0.627. The second-order valence-corrected chi connectivity index (χ2v) is 8.49. The molecule has 0 aliphatic heterocycles. The topological polar surface area (TPSA) is 66.5 Å². The van der Waals surface area contributed by atoms with Gasteiger partial charge in [0.15, 0.2) is 0 Å². The largest absolute Gasteiger partial charge is 0.356 e. The van der Waals surface area contributed by atoms with Gasteiger partial charge >= 0.3 is 0 Å². The zero-order valence-corrected chi connectivity index (χ0v) is 15.2. The van der Waals surface area contributed by atoms with E-state index in [0.29, 0.717) is 31.0 Å². The summed E-state index contributed by atoms with van der Waals surface area (Å²) in [6.07, 6.45) is 8.31. The van der Waals surface area contributed by atoms with E-state index in [-0.39, 0.29) is 5.91 Å². The molecule has 0 radical (unpaired) electrons. The molecule has 1 aliphatic carbocycles. The van der Waals surface area contributed by atoms with Gasteiger partial charge in [-0.2, -0.15) is 0 Å². The van der Waals surface area contributed by atoms with Crippen molar-refractivity contribution < 1.29 is 13.2 Å². The van der Waals surface area contributed by atoms with Crippen LogP contribution in [0.4, 0.5) is 5.69 Å². The Morgan fingerprint density at radius 1 is 1.17 bits per heavy atom. The maximum absolute atomic E-state index is 12.0. The van der Waals surface area contributed by atoms with Gasteiger partial charge in [0, 0.05) is 19.5 Å². The van der Waals surface area contributed by atoms with Gasteiger partial charge in [0.1, 0.15) is 0 Å². The van der Waals surface area contributed by atoms with Crippen molar-refractivity contribution >= 4 is 21.6 Å². The first kappa shape index (κ1) is 18.8. The zero-order chi connectivity index (χ0) is 17.4. The third-order valence-electron chi connectivity index (χ3n) is 4.52. The number of nitrogens with one attached hydrogen (secondary N) is 1. The highest BCUT2D eigenvalue weighted by Crippen LogP contribution is 2.22. The van der Waals surface area contributed by atoms with Crippen LogP contribution in [0.25, 0.3) is 0 Å². The van der Waals surface area contributed by atoms with Crippen molar-refractivity contribution in [3.63, 3.8) is 0 Å². The predicted octanol–water partition coefficient (Wildman–Crippen LogP) is 2.93. The van der Waals surface area contributed by atoms with Gasteiger partial charge in [-0.3, -0.25) is 9.10 Å². The summed E-state index contributed by atoms with van der Waals surface area (Å²) in [5, 5.41) is 3.00. The minimum atomic E-state index is -3.34. The van der Waals surface area contributed by atoms with Crippen LogP contribution < -0.4 is 9.62 Å². The van der Waals surface area contributed by atoms with Crippen LogP contribution in [-0.4, -0.2) is 33.7 Å². The average molecular weight is 353 g/mol. The van der Waals surface area contributed by atoms with Crippen LogP contribution in [0.1, 0.15) is 44.9 Å². The highest BCUT2D eigenvalue weighted by Gasteiger charge is 2.18. The van der Waals surface area contributed by atoms with E-state index in [2.05, 4.69) is 5.32 Å². The Labute approximate surface area is 145 Å². The number of hydrogen-bond acceptors (Lipinski definition) is 3. The van der Waals surface area contributed by atoms with Gasteiger partial charge in [0.2, 0.25) is 15.9 Å². The molecule has 1 aromatic rings. The number of hydrogen-bond donors (Lipinski definition) is 1. The molecule has 0 bridgehead atoms. The number of anilines is 1. The Bertz CT molecular complexity index is 610. The molecule has 0 unspecified atom stereocenters. The first-order valence-electron chi connectivity index (χ1n) is 8.76. The van der Waals surface area contributed by atoms with Crippen molar-refractivity contribution in [2.24, 2.45) is 5.92 Å². The van der Waals surface area contributed by atoms with Crippen molar-refractivity contribution in [2.45, 2.75) is 44.9 Å². The van der Waals surface area contributed by atoms with Gasteiger partial charge in [0.25, 0.3) is 0 Å². The molecular weight excluding hydrogens is 324 g/mol. The fraction of sp³-hybridized carbons (Fsp3) is 0.611. The van der Waals surface area contributed by atoms with E-state index in [9.17, 15) is 13.2 Å². The molecule has 0 saturated heterocycles. The van der Waals surface area contributed by atoms with E-state index in [1.807, 2.05) is 18.2 Å². The van der Waals surface area contributed by atoms with Crippen molar-refractivity contribution in [3.8, 4) is 0 Å². The second-order valence-electron chi connectivity index (χ2n) is 6.58. The number of rotatable bonds is 8. The minimum Gasteiger partial charge on any atom is -0.356 e. The molecule has 1 aliphatic rings. The molecule has 0 atom stereocenters. The van der Waals surface area contributed by atoms with Gasteiger partial charge in [-0.1, -0.05) is 37.5 Å². The van der Waals surface area contributed by atoms with Crippen molar-refractivity contribution in [1.29, 1.82) is 0 Å². The molecule has 1 N–H and O–H groups in total. The maximum atomic E-state index is 12.0. The van der Waals surface area contributed by atoms with Gasteiger partial charge in [-0.15, -0.1) is 0 Å². The van der Waals surface area contributed by atoms with Crippen molar-refractivity contribution in [1.82, 2.24) is 5.32 Å². The van der Waals surface area contributed by atoms with E-state index < -0.39 is 10.0 Å². The maximum Gasteiger partial charge on any atom is 0.232 e. The number of benzene rings is 1. The Hall–Kier alpha value is -1.56. The molecule has 0 heterocycles. The van der Waals surface area contributed by atoms with Crippen LogP contribution in [-0.2, 0) is 14.8 Å². The van der Waals surface area contributed by atoms with Crippen LogP contribution in [0.5, 0.6) is 0 Å². The molecule has 0 aromatic heterocycles. The first-order valence-corrected chi connectivity index (χ1v) is 10.6. The van der Waals surface area contributed by atoms with Gasteiger partial charge in [-0.05, 0) is 37.3 Å². The average Bonchev–Trinajstić information content (AvgIpc) is 2.57. The summed E-state index contributed by atoms with van der Waals surface area (Å²) in [7, 11) is -3.34. The number of sulfonamides is 1. The molecule has 1 amide bonds. The van der Waals surface area contributed by atoms with E-state index in [4.69, 9.17) is 0 Å². The number of amides is 1. The molecule has 0 spiro atoms. The third kappa shape index (κ3) is 6.15. The van der Waals surface area contributed by atoms with E-state index in [1.54, 1.807) is 12.1 Å². The van der Waals surface area contributed by atoms with Crippen LogP contribution in [0.2, 0.25) is 0 Å². The lowest BCUT2D eigenvalue weighted by Gasteiger charge is -2.23. The zero-order valence-electron chi connectivity index (χ0n) is 14.4. The Kier molecular flexibility index (Phi) is 7.09. The molecule has 1 saturated carbocycles. The normalized spacial score (nSPS) is 15.9. The van der Waals surface area contributed by atoms with Gasteiger partial charge < -0.3 is 5.32 Å². The highest BCUT2D eigenvalue weighted by molar-refractivity contribution is 7.92. The summed E-state index contributed by atoms with van der Waals surface area (Å²) in [6, 6.07) is 9.01. The van der Waals surface area contributed by atoms with Crippen LogP contribution in [0, 0.1) is 5.92 Å². The summed E-state index contributed by atoms with van der Waals surface area (Å²) in [6.45, 7) is 1.08. The van der Waals surface area contributed by atoms with Crippen LogP contribution >= 0.6 is 0 Å². The van der Waals surface area contributed by atoms with Crippen molar-refractivity contribution in [3.05, 3.63) is 30.3 Å². The van der Waals surface area contributed by atoms with E-state index in [1.165, 1.54) is 42.7 Å². The van der Waals surface area contributed by atoms with Crippen LogP contribution in [0.15, 0.2) is 30.3 Å². The Balaban J connectivity index is 1.77. The molecule has 1 fully saturated rings. The molecule has 1 aromatic carbocycles. The number of carbonyl (C=O) groups excluding carboxylic acids is 1. The highest BCUT2D eigenvalue weighted by atomic mass is 32.2. The van der Waals surface area contributed by atoms with E-state index >= 15 is 0 Å². The Morgan fingerprint density at radius 2 is 1.83 bits per heavy atom. The monoisotopic (exact) mass is 352 g/mol. The fourth-order valence-electron chi connectivity index (χ4n) is 3.20. The number of nitrogens with zero attached hydrogens (tertiary/aromatic N) is 1. The quantitative estimate of drug-likeness (QED) is 0.782. The number of para-hydroxylation sites is 1. The lowest BCUT2D eigenvalue weighted by Crippen LogP contribution is -2.33. The predicted molar refractivity (Wildman–Crippen MR) is 97.5 cm³/mol. The third-order valence-corrected chi connectivity index (χ3v) is 5.72.